The van der Waals surface area contributed by atoms with Crippen molar-refractivity contribution in [1.82, 2.24) is 14.8 Å². The molecule has 6 nitrogen and oxygen atoms in total. The van der Waals surface area contributed by atoms with Gasteiger partial charge in [0.15, 0.2) is 5.78 Å². The predicted octanol–water partition coefficient (Wildman–Crippen LogP) is 6.15. The van der Waals surface area contributed by atoms with E-state index < -0.39 is 5.92 Å². The number of Topliss-reactive ketones (excluding diaryl/α,β-unsaturated/α-hetero) is 1. The summed E-state index contributed by atoms with van der Waals surface area (Å²) in [5.74, 6) is -0.0955. The number of aromatic amines is 2. The summed E-state index contributed by atoms with van der Waals surface area (Å²) in [6.07, 6.45) is 5.36. The van der Waals surface area contributed by atoms with Gasteiger partial charge in [-0.05, 0) is 67.8 Å². The highest BCUT2D eigenvalue weighted by atomic mass is 35.5. The molecule has 0 spiro atoms. The average molecular weight is 478 g/mol. The summed E-state index contributed by atoms with van der Waals surface area (Å²) in [5.41, 5.74) is 3.66. The van der Waals surface area contributed by atoms with Crippen molar-refractivity contribution in [3.63, 3.8) is 0 Å². The number of ether oxygens (including phenoxy) is 1. The molecule has 0 amide bonds. The molecule has 2 aromatic heterocycles. The second-order valence-corrected chi connectivity index (χ2v) is 9.53. The quantitative estimate of drug-likeness (QED) is 0.327. The topological polar surface area (TPSA) is 79.9 Å². The monoisotopic (exact) mass is 477 g/mol. The maximum Gasteiger partial charge on any atom is 0.267 e. The van der Waals surface area contributed by atoms with Crippen LogP contribution in [0.1, 0.15) is 71.4 Å². The number of hydrogen-bond donors (Lipinski definition) is 2. The van der Waals surface area contributed by atoms with Crippen molar-refractivity contribution in [3.8, 4) is 5.75 Å². The summed E-state index contributed by atoms with van der Waals surface area (Å²) < 4.78 is 6.98. The summed E-state index contributed by atoms with van der Waals surface area (Å²) >= 11 is 6.34. The molecule has 0 bridgehead atoms. The van der Waals surface area contributed by atoms with E-state index >= 15 is 0 Å². The Morgan fingerprint density at radius 1 is 1.09 bits per heavy atom. The van der Waals surface area contributed by atoms with E-state index in [1.165, 1.54) is 6.42 Å². The van der Waals surface area contributed by atoms with Crippen LogP contribution in [0.15, 0.2) is 53.3 Å². The van der Waals surface area contributed by atoms with E-state index in [0.717, 1.165) is 47.8 Å². The van der Waals surface area contributed by atoms with Gasteiger partial charge >= 0.3 is 0 Å². The van der Waals surface area contributed by atoms with Gasteiger partial charge < -0.3 is 9.72 Å². The molecule has 176 valence electrons. The number of ketones is 1. The molecular weight excluding hydrogens is 450 g/mol. The molecule has 34 heavy (non-hydrogen) atoms. The molecule has 1 atom stereocenters. The minimum absolute atomic E-state index is 0.0926. The molecule has 2 N–H and O–H groups in total. The molecule has 1 unspecified atom stereocenters. The lowest BCUT2D eigenvalue weighted by Crippen LogP contribution is -2.24. The third-order valence-electron chi connectivity index (χ3n) is 6.94. The number of methoxy groups -OCH3 is 1. The summed E-state index contributed by atoms with van der Waals surface area (Å²) in [6, 6.07) is 14.4. The normalized spacial score (nSPS) is 15.5. The van der Waals surface area contributed by atoms with Crippen LogP contribution in [0.5, 0.6) is 5.75 Å². The Morgan fingerprint density at radius 2 is 1.82 bits per heavy atom. The van der Waals surface area contributed by atoms with Gasteiger partial charge in [0.05, 0.1) is 24.8 Å². The zero-order valence-electron chi connectivity index (χ0n) is 19.4. The maximum absolute atomic E-state index is 14.0. The van der Waals surface area contributed by atoms with Crippen molar-refractivity contribution >= 4 is 28.3 Å². The molecule has 1 aliphatic carbocycles. The smallest absolute Gasteiger partial charge is 0.267 e. The molecule has 0 aliphatic heterocycles. The van der Waals surface area contributed by atoms with E-state index in [1.807, 2.05) is 25.1 Å². The highest BCUT2D eigenvalue weighted by Crippen LogP contribution is 2.37. The highest BCUT2D eigenvalue weighted by molar-refractivity contribution is 6.31. The van der Waals surface area contributed by atoms with E-state index in [9.17, 15) is 9.59 Å². The lowest BCUT2D eigenvalue weighted by Gasteiger charge is -2.22. The number of nitrogens with one attached hydrogen (secondary N) is 2. The summed E-state index contributed by atoms with van der Waals surface area (Å²) in [4.78, 5) is 30.4. The Kier molecular flexibility index (Phi) is 6.09. The number of benzene rings is 2. The van der Waals surface area contributed by atoms with E-state index in [2.05, 4.69) is 10.1 Å². The minimum Gasteiger partial charge on any atom is -0.497 e. The van der Waals surface area contributed by atoms with Crippen LogP contribution in [0.3, 0.4) is 0 Å². The van der Waals surface area contributed by atoms with Crippen molar-refractivity contribution in [3.05, 3.63) is 86.4 Å². The van der Waals surface area contributed by atoms with Crippen LogP contribution < -0.4 is 10.3 Å². The van der Waals surface area contributed by atoms with Crippen molar-refractivity contribution < 1.29 is 9.53 Å². The Balaban J connectivity index is 1.67. The van der Waals surface area contributed by atoms with Gasteiger partial charge in [0, 0.05) is 33.2 Å². The maximum atomic E-state index is 14.0. The molecule has 4 aromatic rings. The van der Waals surface area contributed by atoms with E-state index in [4.69, 9.17) is 16.3 Å². The average Bonchev–Trinajstić information content (AvgIpc) is 3.39. The number of hydrogen-bond acceptors (Lipinski definition) is 3. The minimum atomic E-state index is -0.682. The number of H-pyrrole nitrogens is 2. The lowest BCUT2D eigenvalue weighted by atomic mass is 9.86. The van der Waals surface area contributed by atoms with Gasteiger partial charge in [-0.3, -0.25) is 14.7 Å². The fraction of sp³-hybridized carbons (Fsp3) is 0.333. The summed E-state index contributed by atoms with van der Waals surface area (Å²) in [7, 11) is 1.59. The molecule has 1 aliphatic rings. The summed E-state index contributed by atoms with van der Waals surface area (Å²) in [5, 5.41) is 4.80. The van der Waals surface area contributed by atoms with Crippen molar-refractivity contribution in [2.75, 3.05) is 7.11 Å². The van der Waals surface area contributed by atoms with Gasteiger partial charge in [-0.15, -0.1) is 0 Å². The lowest BCUT2D eigenvalue weighted by molar-refractivity contribution is 0.0972. The first-order valence-corrected chi connectivity index (χ1v) is 12.1. The molecule has 2 aromatic carbocycles. The third-order valence-corrected chi connectivity index (χ3v) is 7.18. The van der Waals surface area contributed by atoms with Crippen molar-refractivity contribution in [2.24, 2.45) is 0 Å². The molecule has 1 fully saturated rings. The van der Waals surface area contributed by atoms with Crippen LogP contribution in [-0.2, 0) is 0 Å². The SMILES string of the molecule is COc1ccc(C(=O)C(c2cc(=O)n(C3CCCCC3)[nH]2)c2c(C)[nH]c3ccc(Cl)cc23)cc1. The van der Waals surface area contributed by atoms with Gasteiger partial charge in [-0.2, -0.15) is 0 Å². The zero-order valence-corrected chi connectivity index (χ0v) is 20.1. The third kappa shape index (κ3) is 4.07. The standard InChI is InChI=1S/C27H28ClN3O3/c1-16-25(21-14-18(28)10-13-22(21)29-16)26(27(33)17-8-11-20(34-2)12-9-17)23-15-24(32)31(30-23)19-6-4-3-5-7-19/h8-15,19,26,29-30H,3-7H2,1-2H3. The number of carbonyl (C=O) groups is 1. The van der Waals surface area contributed by atoms with Gasteiger partial charge in [-0.25, -0.2) is 4.68 Å². The Morgan fingerprint density at radius 3 is 2.53 bits per heavy atom. The van der Waals surface area contributed by atoms with Crippen molar-refractivity contribution in [1.29, 1.82) is 0 Å². The van der Waals surface area contributed by atoms with Crippen LogP contribution in [-0.4, -0.2) is 27.7 Å². The molecule has 5 rings (SSSR count). The van der Waals surface area contributed by atoms with Gasteiger partial charge in [0.25, 0.3) is 5.56 Å². The van der Waals surface area contributed by atoms with E-state index in [1.54, 1.807) is 42.1 Å². The number of rotatable bonds is 6. The second-order valence-electron chi connectivity index (χ2n) is 9.09. The van der Waals surface area contributed by atoms with Crippen molar-refractivity contribution in [2.45, 2.75) is 51.0 Å². The number of halogens is 1. The van der Waals surface area contributed by atoms with Gasteiger partial charge in [-0.1, -0.05) is 30.9 Å². The fourth-order valence-electron chi connectivity index (χ4n) is 5.23. The van der Waals surface area contributed by atoms with Crippen LogP contribution in [0.4, 0.5) is 0 Å². The Labute approximate surface area is 202 Å². The fourth-order valence-corrected chi connectivity index (χ4v) is 5.40. The molecule has 0 radical (unpaired) electrons. The second kappa shape index (κ2) is 9.18. The summed E-state index contributed by atoms with van der Waals surface area (Å²) in [6.45, 7) is 1.95. The van der Waals surface area contributed by atoms with Gasteiger partial charge in [0.1, 0.15) is 5.75 Å². The molecule has 0 saturated heterocycles. The largest absolute Gasteiger partial charge is 0.497 e. The molecule has 2 heterocycles. The Hall–Kier alpha value is -3.25. The van der Waals surface area contributed by atoms with Gasteiger partial charge in [0.2, 0.25) is 0 Å². The van der Waals surface area contributed by atoms with Crippen LogP contribution in [0.25, 0.3) is 10.9 Å². The zero-order chi connectivity index (χ0) is 23.8. The molecule has 1 saturated carbocycles. The molecular formula is C27H28ClN3O3. The molecule has 7 heteroatoms. The van der Waals surface area contributed by atoms with Crippen LogP contribution in [0.2, 0.25) is 5.02 Å². The number of aromatic nitrogens is 3. The van der Waals surface area contributed by atoms with Crippen LogP contribution in [0, 0.1) is 6.92 Å². The number of nitrogens with zero attached hydrogens (tertiary/aromatic N) is 1. The predicted molar refractivity (Wildman–Crippen MR) is 134 cm³/mol. The number of fused-ring (bicyclic) bond motifs is 1. The van der Waals surface area contributed by atoms with Crippen LogP contribution >= 0.6 is 11.6 Å². The van der Waals surface area contributed by atoms with E-state index in [0.29, 0.717) is 22.0 Å². The highest BCUT2D eigenvalue weighted by Gasteiger charge is 2.31. The number of aryl methyl sites for hydroxylation is 1. The number of carbonyl (C=O) groups excluding carboxylic acids is 1. The Bertz CT molecular complexity index is 1390. The first kappa shape index (κ1) is 22.5. The van der Waals surface area contributed by atoms with E-state index in [-0.39, 0.29) is 17.4 Å². The first-order chi connectivity index (χ1) is 16.5. The first-order valence-electron chi connectivity index (χ1n) is 11.7.